The van der Waals surface area contributed by atoms with Gasteiger partial charge in [-0.05, 0) is 43.5 Å². The molecule has 5 nitrogen and oxygen atoms in total. The second kappa shape index (κ2) is 8.47. The Morgan fingerprint density at radius 1 is 1.23 bits per heavy atom. The summed E-state index contributed by atoms with van der Waals surface area (Å²) in [6.07, 6.45) is -0.522. The number of halogens is 3. The van der Waals surface area contributed by atoms with Gasteiger partial charge in [0.2, 0.25) is 0 Å². The zero-order valence-corrected chi connectivity index (χ0v) is 17.6. The molecule has 0 spiro atoms. The third kappa shape index (κ3) is 4.41. The summed E-state index contributed by atoms with van der Waals surface area (Å²) in [6, 6.07) is 7.29. The van der Waals surface area contributed by atoms with Crippen molar-refractivity contribution in [3.8, 4) is 0 Å². The van der Waals surface area contributed by atoms with E-state index < -0.39 is 11.7 Å². The van der Waals surface area contributed by atoms with Crippen LogP contribution in [0.4, 0.5) is 24.5 Å². The van der Waals surface area contributed by atoms with Gasteiger partial charge in [0.1, 0.15) is 5.03 Å². The van der Waals surface area contributed by atoms with Crippen molar-refractivity contribution in [1.82, 2.24) is 19.9 Å². The van der Waals surface area contributed by atoms with Crippen LogP contribution in [-0.2, 0) is 6.18 Å². The Morgan fingerprint density at radius 2 is 2.03 bits per heavy atom. The highest BCUT2D eigenvalue weighted by Gasteiger charge is 2.33. The standard InChI is InChI=1S/C21H24F3N5S/c1-13(2)18-12-26-20-17(27-16-8-4-3-7-15(16)21(22,23)24)10-19(28-29(18)20)30-14-6-5-9-25-11-14/h3-4,7-8,10,12-14,25,27H,5-6,9,11H2,1-2H3. The molecule has 0 radical (unpaired) electrons. The van der Waals surface area contributed by atoms with Crippen LogP contribution >= 0.6 is 11.8 Å². The van der Waals surface area contributed by atoms with E-state index in [1.807, 2.05) is 13.8 Å². The predicted octanol–water partition coefficient (Wildman–Crippen LogP) is 5.46. The fourth-order valence-electron chi connectivity index (χ4n) is 3.58. The summed E-state index contributed by atoms with van der Waals surface area (Å²) in [4.78, 5) is 4.45. The molecule has 160 valence electrons. The van der Waals surface area contributed by atoms with Crippen LogP contribution in [0.2, 0.25) is 0 Å². The van der Waals surface area contributed by atoms with E-state index in [4.69, 9.17) is 5.10 Å². The number of aromatic nitrogens is 3. The largest absolute Gasteiger partial charge is 0.418 e. The molecule has 0 aliphatic carbocycles. The van der Waals surface area contributed by atoms with Crippen molar-refractivity contribution in [2.45, 2.75) is 49.1 Å². The molecule has 1 unspecified atom stereocenters. The first-order valence-electron chi connectivity index (χ1n) is 10.0. The second-order valence-corrected chi connectivity index (χ2v) is 9.04. The number of imidazole rings is 1. The summed E-state index contributed by atoms with van der Waals surface area (Å²) in [5.41, 5.74) is 1.24. The van der Waals surface area contributed by atoms with Gasteiger partial charge in [0, 0.05) is 11.8 Å². The Hall–Kier alpha value is -2.26. The van der Waals surface area contributed by atoms with Gasteiger partial charge in [0.15, 0.2) is 5.65 Å². The number of nitrogens with one attached hydrogen (secondary N) is 2. The van der Waals surface area contributed by atoms with E-state index in [2.05, 4.69) is 15.6 Å². The quantitative estimate of drug-likeness (QED) is 0.557. The van der Waals surface area contributed by atoms with Gasteiger partial charge < -0.3 is 10.6 Å². The van der Waals surface area contributed by atoms with Crippen molar-refractivity contribution in [3.63, 3.8) is 0 Å². The van der Waals surface area contributed by atoms with Crippen LogP contribution in [0.5, 0.6) is 0 Å². The third-order valence-electron chi connectivity index (χ3n) is 5.10. The van der Waals surface area contributed by atoms with Crippen LogP contribution in [0, 0.1) is 0 Å². The number of fused-ring (bicyclic) bond motifs is 1. The SMILES string of the molecule is CC(C)c1cnc2c(Nc3ccccc3C(F)(F)F)cc(SC3CCCNC3)nn12. The number of hydrogen-bond donors (Lipinski definition) is 2. The number of rotatable bonds is 5. The molecular formula is C21H24F3N5S. The average Bonchev–Trinajstić information content (AvgIpc) is 3.13. The number of nitrogens with zero attached hydrogens (tertiary/aromatic N) is 3. The number of alkyl halides is 3. The van der Waals surface area contributed by atoms with Gasteiger partial charge in [-0.25, -0.2) is 9.50 Å². The van der Waals surface area contributed by atoms with Crippen molar-refractivity contribution < 1.29 is 13.2 Å². The van der Waals surface area contributed by atoms with Crippen molar-refractivity contribution >= 4 is 28.8 Å². The Labute approximate surface area is 177 Å². The molecule has 9 heteroatoms. The van der Waals surface area contributed by atoms with E-state index in [9.17, 15) is 13.2 Å². The van der Waals surface area contributed by atoms with Gasteiger partial charge >= 0.3 is 6.18 Å². The molecule has 0 saturated carbocycles. The Morgan fingerprint density at radius 3 is 2.73 bits per heavy atom. The van der Waals surface area contributed by atoms with Crippen molar-refractivity contribution in [3.05, 3.63) is 47.8 Å². The van der Waals surface area contributed by atoms with Crippen LogP contribution in [0.15, 0.2) is 41.6 Å². The highest BCUT2D eigenvalue weighted by molar-refractivity contribution is 7.99. The lowest BCUT2D eigenvalue weighted by Crippen LogP contribution is -2.31. The zero-order valence-electron chi connectivity index (χ0n) is 16.8. The average molecular weight is 436 g/mol. The monoisotopic (exact) mass is 435 g/mol. The maximum absolute atomic E-state index is 13.5. The lowest BCUT2D eigenvalue weighted by molar-refractivity contribution is -0.136. The van der Waals surface area contributed by atoms with Gasteiger partial charge in [-0.15, -0.1) is 0 Å². The number of para-hydroxylation sites is 1. The molecule has 4 rings (SSSR count). The first kappa shape index (κ1) is 21.0. The number of benzene rings is 1. The smallest absolute Gasteiger partial charge is 0.352 e. The molecule has 1 aromatic carbocycles. The van der Waals surface area contributed by atoms with Gasteiger partial charge in [0.05, 0.1) is 28.8 Å². The molecule has 3 heterocycles. The van der Waals surface area contributed by atoms with Gasteiger partial charge in [0.25, 0.3) is 0 Å². The lowest BCUT2D eigenvalue weighted by atomic mass is 10.1. The number of anilines is 2. The summed E-state index contributed by atoms with van der Waals surface area (Å²) < 4.78 is 42.2. The third-order valence-corrected chi connectivity index (χ3v) is 6.28. The highest BCUT2D eigenvalue weighted by atomic mass is 32.2. The molecule has 1 aliphatic rings. The van der Waals surface area contributed by atoms with Crippen LogP contribution in [0.1, 0.15) is 43.9 Å². The van der Waals surface area contributed by atoms with E-state index in [0.29, 0.717) is 16.6 Å². The minimum absolute atomic E-state index is 0.00230. The van der Waals surface area contributed by atoms with Crippen LogP contribution < -0.4 is 10.6 Å². The highest BCUT2D eigenvalue weighted by Crippen LogP contribution is 2.37. The summed E-state index contributed by atoms with van der Waals surface area (Å²) >= 11 is 1.65. The maximum atomic E-state index is 13.5. The minimum atomic E-state index is -4.45. The molecule has 1 aliphatic heterocycles. The zero-order chi connectivity index (χ0) is 21.3. The van der Waals surface area contributed by atoms with E-state index in [0.717, 1.165) is 42.7 Å². The molecule has 30 heavy (non-hydrogen) atoms. The van der Waals surface area contributed by atoms with Gasteiger partial charge in [-0.2, -0.15) is 18.3 Å². The van der Waals surface area contributed by atoms with Crippen molar-refractivity contribution in [1.29, 1.82) is 0 Å². The maximum Gasteiger partial charge on any atom is 0.418 e. The normalized spacial score (nSPS) is 17.6. The van der Waals surface area contributed by atoms with Crippen molar-refractivity contribution in [2.75, 3.05) is 18.4 Å². The number of hydrogen-bond acceptors (Lipinski definition) is 5. The summed E-state index contributed by atoms with van der Waals surface area (Å²) in [7, 11) is 0. The van der Waals surface area contributed by atoms with E-state index >= 15 is 0 Å². The first-order chi connectivity index (χ1) is 14.3. The second-order valence-electron chi connectivity index (χ2n) is 7.72. The Bertz CT molecular complexity index is 1030. The minimum Gasteiger partial charge on any atom is -0.352 e. The molecule has 0 bridgehead atoms. The van der Waals surface area contributed by atoms with Gasteiger partial charge in [-0.3, -0.25) is 0 Å². The topological polar surface area (TPSA) is 54.2 Å². The molecule has 2 aromatic heterocycles. The summed E-state index contributed by atoms with van der Waals surface area (Å²) in [5, 5.41) is 12.3. The van der Waals surface area contributed by atoms with E-state index in [1.54, 1.807) is 34.6 Å². The van der Waals surface area contributed by atoms with E-state index in [1.165, 1.54) is 12.1 Å². The lowest BCUT2D eigenvalue weighted by Gasteiger charge is -2.22. The molecular weight excluding hydrogens is 411 g/mol. The van der Waals surface area contributed by atoms with E-state index in [-0.39, 0.29) is 11.6 Å². The van der Waals surface area contributed by atoms with Crippen LogP contribution in [0.25, 0.3) is 5.65 Å². The number of thioether (sulfide) groups is 1. The first-order valence-corrected chi connectivity index (χ1v) is 10.9. The van der Waals surface area contributed by atoms with Crippen LogP contribution in [0.3, 0.4) is 0 Å². The Kier molecular flexibility index (Phi) is 5.92. The Balaban J connectivity index is 1.76. The fraction of sp³-hybridized carbons (Fsp3) is 0.429. The summed E-state index contributed by atoms with van der Waals surface area (Å²) in [5.74, 6) is 0.180. The van der Waals surface area contributed by atoms with Gasteiger partial charge in [-0.1, -0.05) is 37.7 Å². The fourth-order valence-corrected chi connectivity index (χ4v) is 4.72. The molecule has 1 fully saturated rings. The molecule has 3 aromatic rings. The number of piperidine rings is 1. The molecule has 1 saturated heterocycles. The predicted molar refractivity (Wildman–Crippen MR) is 114 cm³/mol. The molecule has 0 amide bonds. The van der Waals surface area contributed by atoms with Crippen LogP contribution in [-0.4, -0.2) is 32.9 Å². The molecule has 1 atom stereocenters. The van der Waals surface area contributed by atoms with Crippen molar-refractivity contribution in [2.24, 2.45) is 0 Å². The molecule has 2 N–H and O–H groups in total. The summed E-state index contributed by atoms with van der Waals surface area (Å²) in [6.45, 7) is 6.00.